The molecule has 0 saturated carbocycles. The zero-order valence-corrected chi connectivity index (χ0v) is 12.5. The lowest BCUT2D eigenvalue weighted by Crippen LogP contribution is -2.11. The van der Waals surface area contributed by atoms with Crippen LogP contribution < -0.4 is 10.5 Å². The number of nitrogens with one attached hydrogen (secondary N) is 1. The summed E-state index contributed by atoms with van der Waals surface area (Å²) in [6.45, 7) is 1.80. The summed E-state index contributed by atoms with van der Waals surface area (Å²) in [4.78, 5) is 4.80. The van der Waals surface area contributed by atoms with E-state index in [0.29, 0.717) is 10.0 Å². The number of thiocarbonyl (C=S) groups is 1. The van der Waals surface area contributed by atoms with E-state index in [0.717, 1.165) is 17.0 Å². The zero-order chi connectivity index (χ0) is 13.3. The molecule has 0 unspecified atom stereocenters. The molecule has 0 amide bonds. The van der Waals surface area contributed by atoms with E-state index in [1.165, 1.54) is 17.4 Å². The van der Waals surface area contributed by atoms with Crippen molar-refractivity contribution in [2.75, 3.05) is 4.72 Å². The van der Waals surface area contributed by atoms with E-state index in [1.807, 2.05) is 0 Å². The standard InChI is InChI=1S/C9H9N3O2S4/c1-5-4-16-9(11-5)12-18(13,14)7-3-2-6(17-7)8(10)15/h2-4H,1H3,(H2,10,15)(H,11,12). The molecule has 0 fully saturated rings. The van der Waals surface area contributed by atoms with Gasteiger partial charge in [-0.25, -0.2) is 13.4 Å². The van der Waals surface area contributed by atoms with Gasteiger partial charge in [-0.1, -0.05) is 12.2 Å². The van der Waals surface area contributed by atoms with Gasteiger partial charge in [0.05, 0.1) is 10.6 Å². The molecule has 0 bridgehead atoms. The quantitative estimate of drug-likeness (QED) is 0.841. The molecule has 0 aliphatic carbocycles. The van der Waals surface area contributed by atoms with Gasteiger partial charge in [-0.05, 0) is 19.1 Å². The normalized spacial score (nSPS) is 11.4. The number of aryl methyl sites for hydroxylation is 1. The molecular weight excluding hydrogens is 310 g/mol. The first-order valence-electron chi connectivity index (χ1n) is 4.73. The first-order chi connectivity index (χ1) is 8.38. The lowest BCUT2D eigenvalue weighted by molar-refractivity contribution is 0.603. The fraction of sp³-hybridized carbons (Fsp3) is 0.111. The van der Waals surface area contributed by atoms with Gasteiger partial charge in [-0.2, -0.15) is 0 Å². The van der Waals surface area contributed by atoms with Crippen LogP contribution in [0, 0.1) is 6.92 Å². The van der Waals surface area contributed by atoms with Gasteiger partial charge in [-0.15, -0.1) is 22.7 Å². The first kappa shape index (κ1) is 13.4. The van der Waals surface area contributed by atoms with E-state index in [-0.39, 0.29) is 9.20 Å². The van der Waals surface area contributed by atoms with Crippen LogP contribution in [0.4, 0.5) is 5.13 Å². The average Bonchev–Trinajstić information content (AvgIpc) is 2.86. The summed E-state index contributed by atoms with van der Waals surface area (Å²) in [5, 5.41) is 2.12. The van der Waals surface area contributed by atoms with Crippen LogP contribution in [-0.4, -0.2) is 18.4 Å². The summed E-state index contributed by atoms with van der Waals surface area (Å²) in [5.41, 5.74) is 6.21. The minimum atomic E-state index is -3.61. The van der Waals surface area contributed by atoms with Gasteiger partial charge in [0.15, 0.2) is 5.13 Å². The number of thiophene rings is 1. The molecule has 0 spiro atoms. The van der Waals surface area contributed by atoms with Gasteiger partial charge < -0.3 is 5.73 Å². The third-order valence-electron chi connectivity index (χ3n) is 1.93. The van der Waals surface area contributed by atoms with Crippen molar-refractivity contribution in [3.8, 4) is 0 Å². The molecule has 2 aromatic heterocycles. The predicted octanol–water partition coefficient (Wildman–Crippen LogP) is 1.95. The van der Waals surface area contributed by atoms with Crippen LogP contribution >= 0.6 is 34.9 Å². The Bertz CT molecular complexity index is 686. The van der Waals surface area contributed by atoms with Gasteiger partial charge in [0.2, 0.25) is 0 Å². The number of hydrogen-bond donors (Lipinski definition) is 2. The third kappa shape index (κ3) is 2.86. The number of hydrogen-bond acceptors (Lipinski definition) is 6. The van der Waals surface area contributed by atoms with Crippen molar-refractivity contribution < 1.29 is 8.42 Å². The highest BCUT2D eigenvalue weighted by Gasteiger charge is 2.18. The fourth-order valence-electron chi connectivity index (χ4n) is 1.16. The smallest absolute Gasteiger partial charge is 0.273 e. The highest BCUT2D eigenvalue weighted by atomic mass is 32.2. The zero-order valence-electron chi connectivity index (χ0n) is 9.21. The predicted molar refractivity (Wildman–Crippen MR) is 77.9 cm³/mol. The second kappa shape index (κ2) is 4.92. The molecule has 9 heteroatoms. The van der Waals surface area contributed by atoms with E-state index in [4.69, 9.17) is 18.0 Å². The maximum absolute atomic E-state index is 12.0. The molecule has 3 N–H and O–H groups in total. The molecule has 0 aliphatic heterocycles. The number of nitrogens with zero attached hydrogens (tertiary/aromatic N) is 1. The molecule has 0 aliphatic rings. The van der Waals surface area contributed by atoms with Crippen LogP contribution in [0.15, 0.2) is 21.7 Å². The summed E-state index contributed by atoms with van der Waals surface area (Å²) in [5.74, 6) is 0. The number of nitrogens with two attached hydrogens (primary N) is 1. The minimum Gasteiger partial charge on any atom is -0.389 e. The van der Waals surface area contributed by atoms with Crippen molar-refractivity contribution in [2.45, 2.75) is 11.1 Å². The lowest BCUT2D eigenvalue weighted by atomic mass is 10.5. The molecule has 0 aromatic carbocycles. The molecular formula is C9H9N3O2S4. The Morgan fingerprint density at radius 3 is 2.72 bits per heavy atom. The van der Waals surface area contributed by atoms with Gasteiger partial charge >= 0.3 is 0 Å². The molecule has 5 nitrogen and oxygen atoms in total. The number of anilines is 1. The number of thiazole rings is 1. The lowest BCUT2D eigenvalue weighted by Gasteiger charge is -2.01. The highest BCUT2D eigenvalue weighted by molar-refractivity contribution is 7.95. The molecule has 96 valence electrons. The van der Waals surface area contributed by atoms with Gasteiger partial charge in [0, 0.05) is 5.38 Å². The fourth-order valence-corrected chi connectivity index (χ4v) is 4.46. The van der Waals surface area contributed by atoms with Gasteiger partial charge in [0.25, 0.3) is 10.0 Å². The Hall–Kier alpha value is -1.03. The third-order valence-corrected chi connectivity index (χ3v) is 6.23. The Balaban J connectivity index is 2.27. The Morgan fingerprint density at radius 1 is 1.50 bits per heavy atom. The molecule has 2 rings (SSSR count). The average molecular weight is 319 g/mol. The topological polar surface area (TPSA) is 85.1 Å². The maximum Gasteiger partial charge on any atom is 0.273 e. The van der Waals surface area contributed by atoms with Crippen molar-refractivity contribution >= 4 is 55.0 Å². The van der Waals surface area contributed by atoms with Crippen LogP contribution in [0.5, 0.6) is 0 Å². The van der Waals surface area contributed by atoms with Crippen LogP contribution in [0.2, 0.25) is 0 Å². The van der Waals surface area contributed by atoms with E-state index in [9.17, 15) is 8.42 Å². The van der Waals surface area contributed by atoms with Crippen LogP contribution in [0.25, 0.3) is 0 Å². The Labute approximate surface area is 118 Å². The number of rotatable bonds is 4. The van der Waals surface area contributed by atoms with Crippen LogP contribution in [0.3, 0.4) is 0 Å². The van der Waals surface area contributed by atoms with Crippen molar-refractivity contribution in [1.82, 2.24) is 4.98 Å². The molecule has 2 heterocycles. The van der Waals surface area contributed by atoms with Crippen molar-refractivity contribution in [3.63, 3.8) is 0 Å². The monoisotopic (exact) mass is 319 g/mol. The van der Waals surface area contributed by atoms with Gasteiger partial charge in [-0.3, -0.25) is 4.72 Å². The maximum atomic E-state index is 12.0. The molecule has 0 atom stereocenters. The van der Waals surface area contributed by atoms with Crippen molar-refractivity contribution in [1.29, 1.82) is 0 Å². The summed E-state index contributed by atoms with van der Waals surface area (Å²) < 4.78 is 26.6. The molecule has 2 aromatic rings. The summed E-state index contributed by atoms with van der Waals surface area (Å²) >= 11 is 7.07. The van der Waals surface area contributed by atoms with E-state index in [2.05, 4.69) is 9.71 Å². The summed E-state index contributed by atoms with van der Waals surface area (Å²) in [6.07, 6.45) is 0. The molecule has 0 saturated heterocycles. The first-order valence-corrected chi connectivity index (χ1v) is 8.32. The largest absolute Gasteiger partial charge is 0.389 e. The SMILES string of the molecule is Cc1csc(NS(=O)(=O)c2ccc(C(N)=S)s2)n1. The molecule has 0 radical (unpaired) electrons. The molecule has 18 heavy (non-hydrogen) atoms. The second-order valence-electron chi connectivity index (χ2n) is 3.38. The van der Waals surface area contributed by atoms with Crippen LogP contribution in [0.1, 0.15) is 10.6 Å². The van der Waals surface area contributed by atoms with E-state index >= 15 is 0 Å². The summed E-state index contributed by atoms with van der Waals surface area (Å²) in [7, 11) is -3.61. The van der Waals surface area contributed by atoms with E-state index < -0.39 is 10.0 Å². The van der Waals surface area contributed by atoms with Gasteiger partial charge in [0.1, 0.15) is 9.20 Å². The van der Waals surface area contributed by atoms with E-state index in [1.54, 1.807) is 18.4 Å². The highest BCUT2D eigenvalue weighted by Crippen LogP contribution is 2.25. The Kier molecular flexibility index (Phi) is 3.66. The van der Waals surface area contributed by atoms with Crippen LogP contribution in [-0.2, 0) is 10.0 Å². The summed E-state index contributed by atoms with van der Waals surface area (Å²) in [6, 6.07) is 3.07. The number of sulfonamides is 1. The minimum absolute atomic E-state index is 0.165. The number of aromatic nitrogens is 1. The van der Waals surface area contributed by atoms with Crippen molar-refractivity contribution in [3.05, 3.63) is 28.1 Å². The second-order valence-corrected chi connectivity index (χ2v) is 7.67. The van der Waals surface area contributed by atoms with Crippen molar-refractivity contribution in [2.24, 2.45) is 5.73 Å². The Morgan fingerprint density at radius 2 is 2.22 bits per heavy atom.